The molecule has 3 aromatic rings. The van der Waals surface area contributed by atoms with E-state index < -0.39 is 36.3 Å². The number of carbonyl (C=O) groups excluding carboxylic acids is 1. The van der Waals surface area contributed by atoms with Gasteiger partial charge in [-0.3, -0.25) is 0 Å². The molecule has 9 heteroatoms. The molecule has 0 saturated carbocycles. The van der Waals surface area contributed by atoms with Crippen molar-refractivity contribution in [2.75, 3.05) is 6.61 Å². The van der Waals surface area contributed by atoms with Crippen LogP contribution in [-0.2, 0) is 22.1 Å². The van der Waals surface area contributed by atoms with Crippen molar-refractivity contribution in [2.45, 2.75) is 24.6 Å². The molecule has 1 aliphatic rings. The Labute approximate surface area is 198 Å². The van der Waals surface area contributed by atoms with Gasteiger partial charge in [-0.15, -0.1) is 0 Å². The van der Waals surface area contributed by atoms with E-state index in [0.717, 1.165) is 34.4 Å². The number of rotatable bonds is 6. The summed E-state index contributed by atoms with van der Waals surface area (Å²) in [6.45, 7) is -0.0262. The number of alkyl carbamates (subject to hydrolysis) is 1. The normalized spacial score (nSPS) is 13.6. The minimum Gasteiger partial charge on any atom is -0.480 e. The molecule has 1 amide bonds. The molecule has 3 aromatic carbocycles. The fourth-order valence-corrected chi connectivity index (χ4v) is 4.41. The lowest BCUT2D eigenvalue weighted by atomic mass is 9.98. The lowest BCUT2D eigenvalue weighted by molar-refractivity contribution is -0.139. The van der Waals surface area contributed by atoms with Crippen molar-refractivity contribution in [1.29, 1.82) is 0 Å². The van der Waals surface area contributed by atoms with E-state index in [1.54, 1.807) is 0 Å². The highest BCUT2D eigenvalue weighted by Gasteiger charge is 2.32. The van der Waals surface area contributed by atoms with E-state index in [4.69, 9.17) is 16.3 Å². The number of hydrogen-bond acceptors (Lipinski definition) is 3. The van der Waals surface area contributed by atoms with Crippen LogP contribution < -0.4 is 5.32 Å². The zero-order chi connectivity index (χ0) is 24.5. The number of amides is 1. The van der Waals surface area contributed by atoms with Crippen LogP contribution in [0.15, 0.2) is 66.7 Å². The second-order valence-corrected chi connectivity index (χ2v) is 8.35. The third-order valence-corrected chi connectivity index (χ3v) is 5.88. The number of nitrogens with one attached hydrogen (secondary N) is 1. The van der Waals surface area contributed by atoms with Crippen LogP contribution in [0.3, 0.4) is 0 Å². The van der Waals surface area contributed by atoms with E-state index in [1.807, 2.05) is 48.5 Å². The van der Waals surface area contributed by atoms with Crippen LogP contribution in [0.2, 0.25) is 5.02 Å². The molecule has 0 aromatic heterocycles. The SMILES string of the molecule is O=C(NC(Cc1cc(Cl)cc(C(F)(F)F)c1)C(=O)O)OCC1c2ccccc2-c2ccccc21. The van der Waals surface area contributed by atoms with Gasteiger partial charge < -0.3 is 15.2 Å². The summed E-state index contributed by atoms with van der Waals surface area (Å²) in [6.07, 6.45) is -6.02. The summed E-state index contributed by atoms with van der Waals surface area (Å²) < 4.78 is 44.5. The van der Waals surface area contributed by atoms with Gasteiger partial charge in [-0.1, -0.05) is 60.1 Å². The molecule has 4 rings (SSSR count). The van der Waals surface area contributed by atoms with Crippen molar-refractivity contribution in [2.24, 2.45) is 0 Å². The zero-order valence-electron chi connectivity index (χ0n) is 17.6. The van der Waals surface area contributed by atoms with Gasteiger partial charge in [0.05, 0.1) is 5.56 Å². The van der Waals surface area contributed by atoms with Gasteiger partial charge in [-0.25, -0.2) is 9.59 Å². The van der Waals surface area contributed by atoms with Crippen LogP contribution >= 0.6 is 11.6 Å². The van der Waals surface area contributed by atoms with Crippen molar-refractivity contribution in [3.63, 3.8) is 0 Å². The standard InChI is InChI=1S/C25H19ClF3NO4/c26-16-10-14(9-15(12-16)25(27,28)29)11-22(23(31)32)30-24(33)34-13-21-19-7-3-1-5-17(19)18-6-2-4-8-20(18)21/h1-10,12,21-22H,11,13H2,(H,30,33)(H,31,32). The molecule has 1 atom stereocenters. The first kappa shape index (κ1) is 23.6. The number of carboxylic acids is 1. The van der Waals surface area contributed by atoms with Crippen LogP contribution in [0.5, 0.6) is 0 Å². The molecular formula is C25H19ClF3NO4. The Bertz CT molecular complexity index is 1200. The number of carboxylic acid groups (broad SMARTS) is 1. The number of benzene rings is 3. The lowest BCUT2D eigenvalue weighted by Gasteiger charge is -2.18. The third kappa shape index (κ3) is 5.02. The van der Waals surface area contributed by atoms with Crippen molar-refractivity contribution in [1.82, 2.24) is 5.32 Å². The van der Waals surface area contributed by atoms with Gasteiger partial charge in [0.1, 0.15) is 12.6 Å². The molecule has 1 aliphatic carbocycles. The first-order valence-electron chi connectivity index (χ1n) is 10.3. The molecular weight excluding hydrogens is 471 g/mol. The zero-order valence-corrected chi connectivity index (χ0v) is 18.4. The molecule has 2 N–H and O–H groups in total. The van der Waals surface area contributed by atoms with Crippen molar-refractivity contribution in [3.05, 3.63) is 94.0 Å². The summed E-state index contributed by atoms with van der Waals surface area (Å²) >= 11 is 5.77. The van der Waals surface area contributed by atoms with E-state index in [-0.39, 0.29) is 23.1 Å². The molecule has 176 valence electrons. The monoisotopic (exact) mass is 489 g/mol. The predicted octanol–water partition coefficient (Wildman–Crippen LogP) is 5.89. The van der Waals surface area contributed by atoms with Crippen molar-refractivity contribution in [3.8, 4) is 11.1 Å². The van der Waals surface area contributed by atoms with Gasteiger partial charge in [0, 0.05) is 17.4 Å². The Hall–Kier alpha value is -3.52. The number of fused-ring (bicyclic) bond motifs is 3. The number of carbonyl (C=O) groups is 2. The fraction of sp³-hybridized carbons (Fsp3) is 0.200. The summed E-state index contributed by atoms with van der Waals surface area (Å²) in [7, 11) is 0. The highest BCUT2D eigenvalue weighted by molar-refractivity contribution is 6.30. The van der Waals surface area contributed by atoms with Crippen LogP contribution in [0.25, 0.3) is 11.1 Å². The van der Waals surface area contributed by atoms with E-state index in [2.05, 4.69) is 5.32 Å². The van der Waals surface area contributed by atoms with Crippen LogP contribution in [0.4, 0.5) is 18.0 Å². The Morgan fingerprint density at radius 2 is 1.59 bits per heavy atom. The first-order valence-corrected chi connectivity index (χ1v) is 10.7. The molecule has 0 saturated heterocycles. The smallest absolute Gasteiger partial charge is 0.416 e. The second kappa shape index (κ2) is 9.38. The molecule has 0 aliphatic heterocycles. The van der Waals surface area contributed by atoms with Crippen LogP contribution in [0, 0.1) is 0 Å². The summed E-state index contributed by atoms with van der Waals surface area (Å²) in [5.41, 5.74) is 3.08. The van der Waals surface area contributed by atoms with Crippen LogP contribution in [-0.4, -0.2) is 29.8 Å². The molecule has 34 heavy (non-hydrogen) atoms. The van der Waals surface area contributed by atoms with E-state index >= 15 is 0 Å². The topological polar surface area (TPSA) is 75.6 Å². The maximum Gasteiger partial charge on any atom is 0.416 e. The predicted molar refractivity (Wildman–Crippen MR) is 120 cm³/mol. The fourth-order valence-electron chi connectivity index (χ4n) is 4.15. The van der Waals surface area contributed by atoms with Gasteiger partial charge in [-0.05, 0) is 46.0 Å². The molecule has 1 unspecified atom stereocenters. The number of alkyl halides is 3. The summed E-state index contributed by atoms with van der Waals surface area (Å²) in [4.78, 5) is 24.1. The number of aliphatic carboxylic acids is 1. The largest absolute Gasteiger partial charge is 0.480 e. The summed E-state index contributed by atoms with van der Waals surface area (Å²) in [5, 5.41) is 11.5. The number of ether oxygens (including phenoxy) is 1. The van der Waals surface area contributed by atoms with E-state index in [0.29, 0.717) is 0 Å². The second-order valence-electron chi connectivity index (χ2n) is 7.91. The highest BCUT2D eigenvalue weighted by Crippen LogP contribution is 2.44. The molecule has 0 radical (unpaired) electrons. The summed E-state index contributed by atoms with van der Waals surface area (Å²) in [5.74, 6) is -1.63. The van der Waals surface area contributed by atoms with Gasteiger partial charge in [-0.2, -0.15) is 13.2 Å². The van der Waals surface area contributed by atoms with Crippen LogP contribution in [0.1, 0.15) is 28.2 Å². The van der Waals surface area contributed by atoms with E-state index in [1.165, 1.54) is 6.07 Å². The first-order chi connectivity index (χ1) is 16.1. The maximum absolute atomic E-state index is 13.0. The summed E-state index contributed by atoms with van der Waals surface area (Å²) in [6, 6.07) is 16.7. The number of halogens is 4. The maximum atomic E-state index is 13.0. The molecule has 0 spiro atoms. The average Bonchev–Trinajstić information content (AvgIpc) is 3.10. The van der Waals surface area contributed by atoms with E-state index in [9.17, 15) is 27.9 Å². The minimum atomic E-state index is -4.64. The molecule has 5 nitrogen and oxygen atoms in total. The molecule has 0 heterocycles. The number of hydrogen-bond donors (Lipinski definition) is 2. The average molecular weight is 490 g/mol. The third-order valence-electron chi connectivity index (χ3n) is 5.66. The Morgan fingerprint density at radius 1 is 1.00 bits per heavy atom. The quantitative estimate of drug-likeness (QED) is 0.452. The Kier molecular flexibility index (Phi) is 6.52. The Balaban J connectivity index is 1.45. The van der Waals surface area contributed by atoms with Gasteiger partial charge in [0.15, 0.2) is 0 Å². The molecule has 0 bridgehead atoms. The van der Waals surface area contributed by atoms with Crippen molar-refractivity contribution >= 4 is 23.7 Å². The Morgan fingerprint density at radius 3 is 2.15 bits per heavy atom. The van der Waals surface area contributed by atoms with Gasteiger partial charge in [0.2, 0.25) is 0 Å². The molecule has 0 fully saturated rings. The minimum absolute atomic E-state index is 0.0196. The van der Waals surface area contributed by atoms with Gasteiger partial charge in [0.25, 0.3) is 0 Å². The lowest BCUT2D eigenvalue weighted by Crippen LogP contribution is -2.43. The van der Waals surface area contributed by atoms with Gasteiger partial charge >= 0.3 is 18.2 Å². The van der Waals surface area contributed by atoms with Crippen molar-refractivity contribution < 1.29 is 32.6 Å². The highest BCUT2D eigenvalue weighted by atomic mass is 35.5.